The number of guanidine groups is 1. The molecule has 0 spiro atoms. The van der Waals surface area contributed by atoms with Gasteiger partial charge in [0.25, 0.3) is 0 Å². The molecule has 1 saturated heterocycles. The predicted molar refractivity (Wildman–Crippen MR) is 69.9 cm³/mol. The highest BCUT2D eigenvalue weighted by molar-refractivity contribution is 5.79. The molecule has 0 aromatic rings. The number of aliphatic imine (C=N–C) groups is 1. The van der Waals surface area contributed by atoms with Gasteiger partial charge in [0, 0.05) is 26.2 Å². The van der Waals surface area contributed by atoms with E-state index in [9.17, 15) is 0 Å². The molecule has 0 aromatic carbocycles. The Morgan fingerprint density at radius 3 is 2.81 bits per heavy atom. The molecular formula is C12H26N4. The second kappa shape index (κ2) is 7.49. The highest BCUT2D eigenvalue weighted by Gasteiger charge is 2.20. The smallest absolute Gasteiger partial charge is 0.191 e. The third-order valence-electron chi connectivity index (χ3n) is 3.22. The summed E-state index contributed by atoms with van der Waals surface area (Å²) in [5.74, 6) is 0.939. The van der Waals surface area contributed by atoms with Crippen LogP contribution in [0.5, 0.6) is 0 Å². The molecule has 1 fully saturated rings. The maximum Gasteiger partial charge on any atom is 0.191 e. The van der Waals surface area contributed by atoms with Crippen LogP contribution in [-0.2, 0) is 0 Å². The fraction of sp³-hybridized carbons (Fsp3) is 0.917. The van der Waals surface area contributed by atoms with E-state index in [1.807, 2.05) is 7.05 Å². The summed E-state index contributed by atoms with van der Waals surface area (Å²) in [6.07, 6.45) is 5.04. The maximum atomic E-state index is 4.22. The van der Waals surface area contributed by atoms with E-state index < -0.39 is 0 Å². The molecule has 0 aromatic heterocycles. The van der Waals surface area contributed by atoms with Crippen molar-refractivity contribution in [3.8, 4) is 0 Å². The maximum absolute atomic E-state index is 4.22. The lowest BCUT2D eigenvalue weighted by molar-refractivity contribution is 0.309. The number of likely N-dealkylation sites (N-methyl/N-ethyl adjacent to an activating group) is 1. The summed E-state index contributed by atoms with van der Waals surface area (Å²) >= 11 is 0. The normalized spacial score (nSPS) is 22.4. The van der Waals surface area contributed by atoms with Crippen LogP contribution in [0.3, 0.4) is 0 Å². The summed E-state index contributed by atoms with van der Waals surface area (Å²) in [7, 11) is 4.03. The zero-order chi connectivity index (χ0) is 11.8. The third-order valence-corrected chi connectivity index (χ3v) is 3.22. The van der Waals surface area contributed by atoms with E-state index in [0.717, 1.165) is 19.0 Å². The number of nitrogens with one attached hydrogen (secondary N) is 2. The van der Waals surface area contributed by atoms with Crippen LogP contribution < -0.4 is 10.6 Å². The Balaban J connectivity index is 2.18. The molecule has 2 N–H and O–H groups in total. The Hall–Kier alpha value is -0.770. The molecule has 16 heavy (non-hydrogen) atoms. The van der Waals surface area contributed by atoms with Crippen molar-refractivity contribution in [1.29, 1.82) is 0 Å². The molecule has 1 aliphatic rings. The molecule has 1 rings (SSSR count). The summed E-state index contributed by atoms with van der Waals surface area (Å²) < 4.78 is 0. The van der Waals surface area contributed by atoms with Gasteiger partial charge in [-0.2, -0.15) is 0 Å². The van der Waals surface area contributed by atoms with Crippen molar-refractivity contribution in [2.45, 2.75) is 38.6 Å². The van der Waals surface area contributed by atoms with E-state index in [0.29, 0.717) is 6.04 Å². The summed E-state index contributed by atoms with van der Waals surface area (Å²) in [6, 6.07) is 0.671. The molecule has 1 unspecified atom stereocenters. The minimum absolute atomic E-state index is 0.671. The highest BCUT2D eigenvalue weighted by atomic mass is 15.2. The Labute approximate surface area is 99.5 Å². The number of rotatable bonds is 5. The van der Waals surface area contributed by atoms with Crippen molar-refractivity contribution in [3.05, 3.63) is 0 Å². The van der Waals surface area contributed by atoms with Gasteiger partial charge in [-0.05, 0) is 32.9 Å². The molecule has 1 atom stereocenters. The summed E-state index contributed by atoms with van der Waals surface area (Å²) in [6.45, 7) is 5.44. The molecule has 94 valence electrons. The van der Waals surface area contributed by atoms with Gasteiger partial charge >= 0.3 is 0 Å². The molecule has 4 heteroatoms. The molecule has 0 saturated carbocycles. The van der Waals surface area contributed by atoms with Gasteiger partial charge in [0.1, 0.15) is 0 Å². The van der Waals surface area contributed by atoms with E-state index in [2.05, 4.69) is 34.5 Å². The van der Waals surface area contributed by atoms with Crippen LogP contribution in [0.4, 0.5) is 0 Å². The van der Waals surface area contributed by atoms with E-state index in [1.54, 1.807) is 0 Å². The second-order valence-electron chi connectivity index (χ2n) is 4.51. The number of unbranched alkanes of at least 4 members (excludes halogenated alkanes) is 1. The van der Waals surface area contributed by atoms with Gasteiger partial charge in [0.05, 0.1) is 0 Å². The summed E-state index contributed by atoms with van der Waals surface area (Å²) in [5.41, 5.74) is 0. The molecule has 0 aliphatic carbocycles. The van der Waals surface area contributed by atoms with Crippen molar-refractivity contribution < 1.29 is 0 Å². The zero-order valence-corrected chi connectivity index (χ0v) is 10.9. The highest BCUT2D eigenvalue weighted by Crippen LogP contribution is 2.13. The van der Waals surface area contributed by atoms with Crippen LogP contribution in [0.15, 0.2) is 4.99 Å². The van der Waals surface area contributed by atoms with Crippen LogP contribution in [0.1, 0.15) is 32.6 Å². The lowest BCUT2D eigenvalue weighted by Gasteiger charge is -2.21. The first kappa shape index (κ1) is 13.3. The van der Waals surface area contributed by atoms with Crippen molar-refractivity contribution >= 4 is 5.96 Å². The standard InChI is InChI=1S/C12H26N4/c1-4-5-8-14-12(13-2)15-10-11-7-6-9-16(11)3/h11H,4-10H2,1-3H3,(H2,13,14,15). The molecule has 1 aliphatic heterocycles. The summed E-state index contributed by atoms with van der Waals surface area (Å²) in [4.78, 5) is 6.64. The largest absolute Gasteiger partial charge is 0.356 e. The van der Waals surface area contributed by atoms with E-state index in [1.165, 1.54) is 32.2 Å². The van der Waals surface area contributed by atoms with Crippen LogP contribution in [0.2, 0.25) is 0 Å². The van der Waals surface area contributed by atoms with Crippen molar-refractivity contribution in [2.75, 3.05) is 33.7 Å². The Kier molecular flexibility index (Phi) is 6.23. The Morgan fingerprint density at radius 2 is 2.25 bits per heavy atom. The Bertz CT molecular complexity index is 215. The Morgan fingerprint density at radius 1 is 1.44 bits per heavy atom. The first-order valence-electron chi connectivity index (χ1n) is 6.42. The minimum Gasteiger partial charge on any atom is -0.356 e. The van der Waals surface area contributed by atoms with Gasteiger partial charge < -0.3 is 15.5 Å². The minimum atomic E-state index is 0.671. The first-order valence-corrected chi connectivity index (χ1v) is 6.42. The van der Waals surface area contributed by atoms with E-state index in [4.69, 9.17) is 0 Å². The van der Waals surface area contributed by atoms with Gasteiger partial charge in [-0.1, -0.05) is 13.3 Å². The van der Waals surface area contributed by atoms with E-state index in [-0.39, 0.29) is 0 Å². The van der Waals surface area contributed by atoms with Gasteiger partial charge in [-0.25, -0.2) is 0 Å². The number of hydrogen-bond donors (Lipinski definition) is 2. The van der Waals surface area contributed by atoms with Crippen LogP contribution in [0, 0.1) is 0 Å². The van der Waals surface area contributed by atoms with Crippen molar-refractivity contribution in [3.63, 3.8) is 0 Å². The molecule has 0 bridgehead atoms. The van der Waals surface area contributed by atoms with Gasteiger partial charge in [0.15, 0.2) is 5.96 Å². The van der Waals surface area contributed by atoms with E-state index >= 15 is 0 Å². The fourth-order valence-electron chi connectivity index (χ4n) is 2.06. The molecular weight excluding hydrogens is 200 g/mol. The van der Waals surface area contributed by atoms with Gasteiger partial charge in [-0.15, -0.1) is 0 Å². The van der Waals surface area contributed by atoms with Gasteiger partial charge in [0.2, 0.25) is 0 Å². The van der Waals surface area contributed by atoms with Gasteiger partial charge in [-0.3, -0.25) is 4.99 Å². The molecule has 1 heterocycles. The number of likely N-dealkylation sites (tertiary alicyclic amines) is 1. The van der Waals surface area contributed by atoms with Crippen molar-refractivity contribution in [1.82, 2.24) is 15.5 Å². The second-order valence-corrected chi connectivity index (χ2v) is 4.51. The topological polar surface area (TPSA) is 39.7 Å². The quantitative estimate of drug-likeness (QED) is 0.418. The summed E-state index contributed by atoms with van der Waals surface area (Å²) in [5, 5.41) is 6.73. The SMILES string of the molecule is CCCCNC(=NC)NCC1CCCN1C. The average Bonchev–Trinajstić information content (AvgIpc) is 2.69. The third kappa shape index (κ3) is 4.39. The first-order chi connectivity index (χ1) is 7.77. The van der Waals surface area contributed by atoms with Crippen LogP contribution in [-0.4, -0.2) is 50.6 Å². The zero-order valence-electron chi connectivity index (χ0n) is 10.9. The monoisotopic (exact) mass is 226 g/mol. The number of hydrogen-bond acceptors (Lipinski definition) is 2. The number of nitrogens with zero attached hydrogens (tertiary/aromatic N) is 2. The lowest BCUT2D eigenvalue weighted by Crippen LogP contribution is -2.44. The van der Waals surface area contributed by atoms with Crippen LogP contribution >= 0.6 is 0 Å². The molecule has 4 nitrogen and oxygen atoms in total. The average molecular weight is 226 g/mol. The lowest BCUT2D eigenvalue weighted by atomic mass is 10.2. The van der Waals surface area contributed by atoms with Crippen molar-refractivity contribution in [2.24, 2.45) is 4.99 Å². The molecule has 0 radical (unpaired) electrons. The predicted octanol–water partition coefficient (Wildman–Crippen LogP) is 1.05. The van der Waals surface area contributed by atoms with Crippen LogP contribution in [0.25, 0.3) is 0 Å². The fourth-order valence-corrected chi connectivity index (χ4v) is 2.06. The molecule has 0 amide bonds.